The van der Waals surface area contributed by atoms with E-state index in [1.54, 1.807) is 6.08 Å². The summed E-state index contributed by atoms with van der Waals surface area (Å²) in [5, 5.41) is 0. The number of carbonyl (C=O) groups excluding carboxylic acids is 1. The van der Waals surface area contributed by atoms with Crippen molar-refractivity contribution in [3.8, 4) is 0 Å². The normalized spacial score (nSPS) is 37.4. The maximum Gasteiger partial charge on any atom is 0.333 e. The van der Waals surface area contributed by atoms with Crippen molar-refractivity contribution >= 4 is 5.97 Å². The van der Waals surface area contributed by atoms with Crippen LogP contribution in [0.3, 0.4) is 0 Å². The minimum absolute atomic E-state index is 0.290. The van der Waals surface area contributed by atoms with Crippen LogP contribution in [0.15, 0.2) is 12.2 Å². The van der Waals surface area contributed by atoms with E-state index < -0.39 is 5.79 Å². The molecule has 0 aromatic carbocycles. The van der Waals surface area contributed by atoms with Crippen LogP contribution in [0.1, 0.15) is 12.8 Å². The molecular weight excluding hydrogens is 132 g/mol. The van der Waals surface area contributed by atoms with E-state index in [0.29, 0.717) is 6.61 Å². The average Bonchev–Trinajstić information content (AvgIpc) is 2.46. The zero-order valence-electron chi connectivity index (χ0n) is 5.50. The van der Waals surface area contributed by atoms with Gasteiger partial charge in [0, 0.05) is 12.5 Å². The van der Waals surface area contributed by atoms with Gasteiger partial charge in [0.1, 0.15) is 0 Å². The molecule has 0 aromatic rings. The summed E-state index contributed by atoms with van der Waals surface area (Å²) in [6.07, 6.45) is 4.89. The van der Waals surface area contributed by atoms with Gasteiger partial charge in [0.05, 0.1) is 6.61 Å². The molecule has 2 aliphatic heterocycles. The number of rotatable bonds is 0. The molecule has 54 valence electrons. The molecule has 0 saturated carbocycles. The molecule has 0 bridgehead atoms. The van der Waals surface area contributed by atoms with Crippen LogP contribution in [0.5, 0.6) is 0 Å². The Morgan fingerprint density at radius 1 is 1.60 bits per heavy atom. The maximum atomic E-state index is 10.6. The molecule has 1 atom stereocenters. The molecule has 1 saturated heterocycles. The van der Waals surface area contributed by atoms with Crippen LogP contribution < -0.4 is 0 Å². The number of hydrogen-bond acceptors (Lipinski definition) is 3. The molecule has 0 N–H and O–H groups in total. The molecule has 0 aliphatic carbocycles. The molecule has 3 nitrogen and oxygen atoms in total. The number of hydrogen-bond donors (Lipinski definition) is 0. The molecule has 2 heterocycles. The van der Waals surface area contributed by atoms with Gasteiger partial charge in [0.25, 0.3) is 0 Å². The number of esters is 1. The smallest absolute Gasteiger partial charge is 0.333 e. The minimum atomic E-state index is -0.670. The van der Waals surface area contributed by atoms with E-state index in [1.165, 1.54) is 6.08 Å². The largest absolute Gasteiger partial charge is 0.426 e. The maximum absolute atomic E-state index is 10.6. The monoisotopic (exact) mass is 140 g/mol. The van der Waals surface area contributed by atoms with E-state index in [4.69, 9.17) is 9.47 Å². The van der Waals surface area contributed by atoms with Crippen molar-refractivity contribution in [2.75, 3.05) is 6.61 Å². The molecule has 0 aromatic heterocycles. The summed E-state index contributed by atoms with van der Waals surface area (Å²) in [5.74, 6) is -0.959. The van der Waals surface area contributed by atoms with Crippen LogP contribution in [-0.4, -0.2) is 18.4 Å². The summed E-state index contributed by atoms with van der Waals surface area (Å²) in [6.45, 7) is 0.692. The highest BCUT2D eigenvalue weighted by Crippen LogP contribution is 2.31. The van der Waals surface area contributed by atoms with Crippen molar-refractivity contribution in [2.45, 2.75) is 18.6 Å². The molecule has 2 rings (SSSR count). The lowest BCUT2D eigenvalue weighted by molar-refractivity contribution is -0.181. The van der Waals surface area contributed by atoms with Crippen LogP contribution >= 0.6 is 0 Å². The van der Waals surface area contributed by atoms with E-state index in [0.717, 1.165) is 12.8 Å². The number of carbonyl (C=O) groups is 1. The molecule has 1 spiro atoms. The highest BCUT2D eigenvalue weighted by molar-refractivity contribution is 5.84. The Hall–Kier alpha value is -0.830. The van der Waals surface area contributed by atoms with Crippen molar-refractivity contribution in [3.63, 3.8) is 0 Å². The van der Waals surface area contributed by atoms with Crippen molar-refractivity contribution in [1.82, 2.24) is 0 Å². The zero-order valence-corrected chi connectivity index (χ0v) is 5.50. The molecule has 0 unspecified atom stereocenters. The Labute approximate surface area is 58.6 Å². The molecule has 1 fully saturated rings. The second-order valence-electron chi connectivity index (χ2n) is 2.52. The Morgan fingerprint density at radius 3 is 3.00 bits per heavy atom. The van der Waals surface area contributed by atoms with Crippen molar-refractivity contribution < 1.29 is 14.3 Å². The third kappa shape index (κ3) is 0.743. The standard InChI is InChI=1S/C7H8O3/c8-6-2-4-7(10-6)3-1-5-9-7/h2,4H,1,3,5H2/t7-/m0/s1. The summed E-state index contributed by atoms with van der Waals surface area (Å²) in [4.78, 5) is 10.6. The highest BCUT2D eigenvalue weighted by Gasteiger charge is 2.39. The lowest BCUT2D eigenvalue weighted by Crippen LogP contribution is -2.26. The van der Waals surface area contributed by atoms with E-state index in [2.05, 4.69) is 0 Å². The van der Waals surface area contributed by atoms with Crippen molar-refractivity contribution in [1.29, 1.82) is 0 Å². The Bertz CT molecular complexity index is 189. The van der Waals surface area contributed by atoms with Gasteiger partial charge in [-0.3, -0.25) is 0 Å². The van der Waals surface area contributed by atoms with Crippen molar-refractivity contribution in [2.24, 2.45) is 0 Å². The summed E-state index contributed by atoms with van der Waals surface area (Å²) >= 11 is 0. The highest BCUT2D eigenvalue weighted by atomic mass is 16.7. The summed E-state index contributed by atoms with van der Waals surface area (Å²) in [6, 6.07) is 0. The summed E-state index contributed by atoms with van der Waals surface area (Å²) < 4.78 is 10.2. The van der Waals surface area contributed by atoms with E-state index in [1.807, 2.05) is 0 Å². The molecule has 2 aliphatic rings. The Morgan fingerprint density at radius 2 is 2.50 bits per heavy atom. The minimum Gasteiger partial charge on any atom is -0.426 e. The molecule has 10 heavy (non-hydrogen) atoms. The van der Waals surface area contributed by atoms with Gasteiger partial charge in [0.2, 0.25) is 5.79 Å². The second kappa shape index (κ2) is 1.83. The van der Waals surface area contributed by atoms with Crippen LogP contribution in [0.2, 0.25) is 0 Å². The van der Waals surface area contributed by atoms with Crippen LogP contribution in [0.25, 0.3) is 0 Å². The molecule has 0 radical (unpaired) electrons. The van der Waals surface area contributed by atoms with Gasteiger partial charge in [-0.15, -0.1) is 0 Å². The zero-order chi connectivity index (χ0) is 7.03. The first-order valence-corrected chi connectivity index (χ1v) is 3.37. The summed E-state index contributed by atoms with van der Waals surface area (Å²) in [5.41, 5.74) is 0. The molecule has 0 amide bonds. The van der Waals surface area contributed by atoms with Gasteiger partial charge in [0.15, 0.2) is 0 Å². The van der Waals surface area contributed by atoms with Crippen molar-refractivity contribution in [3.05, 3.63) is 12.2 Å². The van der Waals surface area contributed by atoms with Gasteiger partial charge in [-0.1, -0.05) is 0 Å². The average molecular weight is 140 g/mol. The van der Waals surface area contributed by atoms with Gasteiger partial charge < -0.3 is 9.47 Å². The Kier molecular flexibility index (Phi) is 1.08. The first kappa shape index (κ1) is 5.92. The van der Waals surface area contributed by atoms with Gasteiger partial charge in [-0.05, 0) is 12.5 Å². The van der Waals surface area contributed by atoms with Gasteiger partial charge >= 0.3 is 5.97 Å². The third-order valence-corrected chi connectivity index (χ3v) is 1.76. The summed E-state index contributed by atoms with van der Waals surface area (Å²) in [7, 11) is 0. The van der Waals surface area contributed by atoms with E-state index in [-0.39, 0.29) is 5.97 Å². The quantitative estimate of drug-likeness (QED) is 0.462. The number of ether oxygens (including phenoxy) is 2. The van der Waals surface area contributed by atoms with Crippen LogP contribution in [0, 0.1) is 0 Å². The SMILES string of the molecule is O=C1C=C[C@]2(CCCO2)O1. The fourth-order valence-corrected chi connectivity index (χ4v) is 1.28. The van der Waals surface area contributed by atoms with E-state index in [9.17, 15) is 4.79 Å². The third-order valence-electron chi connectivity index (χ3n) is 1.76. The lowest BCUT2D eigenvalue weighted by atomic mass is 10.2. The van der Waals surface area contributed by atoms with Crippen LogP contribution in [-0.2, 0) is 14.3 Å². The lowest BCUT2D eigenvalue weighted by Gasteiger charge is -2.18. The first-order chi connectivity index (χ1) is 4.81. The fourth-order valence-electron chi connectivity index (χ4n) is 1.28. The first-order valence-electron chi connectivity index (χ1n) is 3.37. The molecule has 3 heteroatoms. The van der Waals surface area contributed by atoms with E-state index >= 15 is 0 Å². The predicted molar refractivity (Wildman–Crippen MR) is 33.1 cm³/mol. The molecular formula is C7H8O3. The second-order valence-corrected chi connectivity index (χ2v) is 2.52. The topological polar surface area (TPSA) is 35.5 Å². The fraction of sp³-hybridized carbons (Fsp3) is 0.571. The van der Waals surface area contributed by atoms with Crippen LogP contribution in [0.4, 0.5) is 0 Å². The predicted octanol–water partition coefficient (Wildman–Crippen LogP) is 0.606. The Balaban J connectivity index is 2.18. The van der Waals surface area contributed by atoms with Gasteiger partial charge in [-0.2, -0.15) is 0 Å². The van der Waals surface area contributed by atoms with Gasteiger partial charge in [-0.25, -0.2) is 4.79 Å².